The van der Waals surface area contributed by atoms with Crippen LogP contribution >= 0.6 is 11.6 Å². The summed E-state index contributed by atoms with van der Waals surface area (Å²) in [5.74, 6) is -0.441. The number of aromatic nitrogens is 2. The fourth-order valence-electron chi connectivity index (χ4n) is 2.42. The highest BCUT2D eigenvalue weighted by molar-refractivity contribution is 6.32. The highest BCUT2D eigenvalue weighted by atomic mass is 35.5. The molecule has 0 radical (unpaired) electrons. The zero-order chi connectivity index (χ0) is 17.3. The van der Waals surface area contributed by atoms with Gasteiger partial charge < -0.3 is 15.4 Å². The Morgan fingerprint density at radius 1 is 1.29 bits per heavy atom. The van der Waals surface area contributed by atoms with Crippen molar-refractivity contribution in [3.8, 4) is 5.75 Å². The predicted molar refractivity (Wildman–Crippen MR) is 91.4 cm³/mol. The molecule has 122 valence electrons. The number of hydrogen-bond donors (Lipinski definition) is 3. The predicted octanol–water partition coefficient (Wildman–Crippen LogP) is 2.52. The zero-order valence-electron chi connectivity index (χ0n) is 12.8. The van der Waals surface area contributed by atoms with Crippen LogP contribution in [-0.4, -0.2) is 21.0 Å². The second kappa shape index (κ2) is 6.33. The third-order valence-electron chi connectivity index (χ3n) is 3.64. The Bertz CT molecular complexity index is 998. The van der Waals surface area contributed by atoms with E-state index in [4.69, 9.17) is 11.6 Å². The zero-order valence-corrected chi connectivity index (χ0v) is 13.5. The van der Waals surface area contributed by atoms with Crippen LogP contribution in [0.5, 0.6) is 5.75 Å². The molecule has 0 spiro atoms. The van der Waals surface area contributed by atoms with Crippen molar-refractivity contribution in [2.24, 2.45) is 0 Å². The number of amides is 1. The van der Waals surface area contributed by atoms with E-state index in [1.54, 1.807) is 37.3 Å². The Labute approximate surface area is 142 Å². The van der Waals surface area contributed by atoms with Crippen LogP contribution in [0.4, 0.5) is 0 Å². The van der Waals surface area contributed by atoms with Crippen LogP contribution in [0.2, 0.25) is 5.02 Å². The average Bonchev–Trinajstić information content (AvgIpc) is 2.57. The van der Waals surface area contributed by atoms with Crippen molar-refractivity contribution in [3.63, 3.8) is 0 Å². The van der Waals surface area contributed by atoms with Gasteiger partial charge in [0.1, 0.15) is 11.6 Å². The second-order valence-corrected chi connectivity index (χ2v) is 5.71. The lowest BCUT2D eigenvalue weighted by Gasteiger charge is -2.10. The lowest BCUT2D eigenvalue weighted by Crippen LogP contribution is -2.26. The number of rotatable bonds is 3. The van der Waals surface area contributed by atoms with Crippen molar-refractivity contribution in [2.75, 3.05) is 0 Å². The third kappa shape index (κ3) is 2.96. The molecule has 0 saturated carbocycles. The van der Waals surface area contributed by atoms with Crippen molar-refractivity contribution < 1.29 is 9.90 Å². The van der Waals surface area contributed by atoms with Crippen molar-refractivity contribution in [3.05, 3.63) is 68.7 Å². The van der Waals surface area contributed by atoms with Gasteiger partial charge in [-0.25, -0.2) is 4.98 Å². The molecule has 0 aliphatic heterocycles. The molecule has 1 amide bonds. The van der Waals surface area contributed by atoms with E-state index in [1.807, 2.05) is 0 Å². The van der Waals surface area contributed by atoms with Crippen molar-refractivity contribution >= 4 is 28.4 Å². The molecule has 7 heteroatoms. The molecule has 1 heterocycles. The standard InChI is InChI=1S/C17H14ClN3O3/c1-9-6-7-11(18)15(22)14(9)17(24)19-8-13-20-12-5-3-2-4-10(12)16(23)21-13/h2-7,22H,8H2,1H3,(H,19,24)(H,20,21,23). The Morgan fingerprint density at radius 2 is 2.04 bits per heavy atom. The number of aryl methyl sites for hydroxylation is 1. The maximum absolute atomic E-state index is 12.3. The molecule has 1 aromatic heterocycles. The van der Waals surface area contributed by atoms with Crippen LogP contribution in [0, 0.1) is 6.92 Å². The fraction of sp³-hybridized carbons (Fsp3) is 0.118. The number of carbonyl (C=O) groups is 1. The van der Waals surface area contributed by atoms with Crippen molar-refractivity contribution in [1.29, 1.82) is 0 Å². The second-order valence-electron chi connectivity index (χ2n) is 5.30. The molecule has 0 unspecified atom stereocenters. The van der Waals surface area contributed by atoms with E-state index in [0.717, 1.165) is 0 Å². The number of phenolic OH excluding ortho intramolecular Hbond substituents is 1. The van der Waals surface area contributed by atoms with Crippen LogP contribution in [-0.2, 0) is 6.54 Å². The highest BCUT2D eigenvalue weighted by Gasteiger charge is 2.17. The van der Waals surface area contributed by atoms with Crippen LogP contribution in [0.1, 0.15) is 21.7 Å². The molecular formula is C17H14ClN3O3. The Kier molecular flexibility index (Phi) is 4.22. The normalized spacial score (nSPS) is 10.8. The molecule has 2 aromatic carbocycles. The van der Waals surface area contributed by atoms with E-state index in [2.05, 4.69) is 15.3 Å². The lowest BCUT2D eigenvalue weighted by atomic mass is 10.1. The number of phenols is 1. The van der Waals surface area contributed by atoms with Crippen LogP contribution in [0.25, 0.3) is 10.9 Å². The van der Waals surface area contributed by atoms with Crippen molar-refractivity contribution in [2.45, 2.75) is 13.5 Å². The Hall–Kier alpha value is -2.86. The summed E-state index contributed by atoms with van der Waals surface area (Å²) in [6.07, 6.45) is 0. The molecule has 0 bridgehead atoms. The first-order valence-electron chi connectivity index (χ1n) is 7.21. The highest BCUT2D eigenvalue weighted by Crippen LogP contribution is 2.29. The number of nitrogens with one attached hydrogen (secondary N) is 2. The van der Waals surface area contributed by atoms with Gasteiger partial charge in [-0.3, -0.25) is 9.59 Å². The maximum atomic E-state index is 12.3. The molecule has 0 saturated heterocycles. The monoisotopic (exact) mass is 343 g/mol. The van der Waals surface area contributed by atoms with Crippen LogP contribution in [0.15, 0.2) is 41.2 Å². The van der Waals surface area contributed by atoms with E-state index in [1.165, 1.54) is 6.07 Å². The SMILES string of the molecule is Cc1ccc(Cl)c(O)c1C(=O)NCc1nc2ccccc2c(=O)[nH]1. The molecule has 0 aliphatic rings. The lowest BCUT2D eigenvalue weighted by molar-refractivity contribution is 0.0946. The van der Waals surface area contributed by atoms with Crippen LogP contribution < -0.4 is 10.9 Å². The van der Waals surface area contributed by atoms with Gasteiger partial charge in [0.15, 0.2) is 0 Å². The summed E-state index contributed by atoms with van der Waals surface area (Å²) in [5.41, 5.74) is 0.971. The van der Waals surface area contributed by atoms with Gasteiger partial charge in [-0.2, -0.15) is 0 Å². The van der Waals surface area contributed by atoms with Gasteiger partial charge in [0.2, 0.25) is 0 Å². The summed E-state index contributed by atoms with van der Waals surface area (Å²) in [6.45, 7) is 1.71. The molecule has 0 atom stereocenters. The first-order chi connectivity index (χ1) is 11.5. The molecule has 3 rings (SSSR count). The van der Waals surface area contributed by atoms with Crippen molar-refractivity contribution in [1.82, 2.24) is 15.3 Å². The van der Waals surface area contributed by atoms with Gasteiger partial charge in [-0.15, -0.1) is 0 Å². The Morgan fingerprint density at radius 3 is 2.83 bits per heavy atom. The molecule has 6 nitrogen and oxygen atoms in total. The maximum Gasteiger partial charge on any atom is 0.258 e. The van der Waals surface area contributed by atoms with E-state index in [9.17, 15) is 14.7 Å². The van der Waals surface area contributed by atoms with E-state index < -0.39 is 5.91 Å². The first kappa shape index (κ1) is 16.0. The number of aromatic amines is 1. The molecule has 3 N–H and O–H groups in total. The minimum absolute atomic E-state index is 0.0182. The Balaban J connectivity index is 1.85. The summed E-state index contributed by atoms with van der Waals surface area (Å²) < 4.78 is 0. The number of fused-ring (bicyclic) bond motifs is 1. The largest absolute Gasteiger partial charge is 0.506 e. The number of nitrogens with zero attached hydrogens (tertiary/aromatic N) is 1. The van der Waals surface area contributed by atoms with Gasteiger partial charge >= 0.3 is 0 Å². The summed E-state index contributed by atoms with van der Waals surface area (Å²) in [6, 6.07) is 10.1. The molecular weight excluding hydrogens is 330 g/mol. The van der Waals surface area contributed by atoms with Gasteiger partial charge in [-0.05, 0) is 30.7 Å². The first-order valence-corrected chi connectivity index (χ1v) is 7.59. The van der Waals surface area contributed by atoms with Gasteiger partial charge in [0.05, 0.1) is 28.0 Å². The minimum Gasteiger partial charge on any atom is -0.506 e. The smallest absolute Gasteiger partial charge is 0.258 e. The van der Waals surface area contributed by atoms with E-state index in [-0.39, 0.29) is 28.4 Å². The minimum atomic E-state index is -0.497. The van der Waals surface area contributed by atoms with Gasteiger partial charge in [0, 0.05) is 0 Å². The quantitative estimate of drug-likeness (QED) is 0.681. The number of halogens is 1. The van der Waals surface area contributed by atoms with Crippen LogP contribution in [0.3, 0.4) is 0 Å². The number of H-pyrrole nitrogens is 1. The topological polar surface area (TPSA) is 95.1 Å². The molecule has 24 heavy (non-hydrogen) atoms. The fourth-order valence-corrected chi connectivity index (χ4v) is 2.58. The average molecular weight is 344 g/mol. The number of benzene rings is 2. The van der Waals surface area contributed by atoms with E-state index >= 15 is 0 Å². The summed E-state index contributed by atoms with van der Waals surface area (Å²) in [4.78, 5) is 31.2. The number of hydrogen-bond acceptors (Lipinski definition) is 4. The molecule has 0 fully saturated rings. The number of para-hydroxylation sites is 1. The number of carbonyl (C=O) groups excluding carboxylic acids is 1. The third-order valence-corrected chi connectivity index (χ3v) is 3.95. The summed E-state index contributed by atoms with van der Waals surface area (Å²) in [5, 5.41) is 13.2. The molecule has 3 aromatic rings. The molecule has 0 aliphatic carbocycles. The van der Waals surface area contributed by atoms with Gasteiger partial charge in [-0.1, -0.05) is 29.8 Å². The summed E-state index contributed by atoms with van der Waals surface area (Å²) >= 11 is 5.84. The number of aromatic hydroxyl groups is 1. The van der Waals surface area contributed by atoms with Gasteiger partial charge in [0.25, 0.3) is 11.5 Å². The summed E-state index contributed by atoms with van der Waals surface area (Å²) in [7, 11) is 0. The van der Waals surface area contributed by atoms with E-state index in [0.29, 0.717) is 22.3 Å².